The van der Waals surface area contributed by atoms with Gasteiger partial charge >= 0.3 is 10.4 Å². The van der Waals surface area contributed by atoms with Gasteiger partial charge in [0, 0.05) is 6.42 Å². The third kappa shape index (κ3) is 40.8. The number of aliphatic hydroxyl groups is 4. The molecule has 1 saturated heterocycles. The highest BCUT2D eigenvalue weighted by atomic mass is 32.3. The summed E-state index contributed by atoms with van der Waals surface area (Å²) >= 11 is 0. The van der Waals surface area contributed by atoms with Gasteiger partial charge in [0.05, 0.1) is 25.4 Å². The molecule has 71 heavy (non-hydrogen) atoms. The van der Waals surface area contributed by atoms with Crippen LogP contribution in [0.2, 0.25) is 0 Å². The van der Waals surface area contributed by atoms with Gasteiger partial charge in [-0.15, -0.1) is 0 Å². The largest absolute Gasteiger partial charge is 0.397 e. The van der Waals surface area contributed by atoms with Gasteiger partial charge in [0.25, 0.3) is 0 Å². The first-order valence-corrected chi connectivity index (χ1v) is 31.4. The van der Waals surface area contributed by atoms with Crippen LogP contribution in [0.3, 0.4) is 0 Å². The van der Waals surface area contributed by atoms with E-state index in [4.69, 9.17) is 9.47 Å². The molecule has 0 radical (unpaired) electrons. The Kier molecular flexibility index (Phi) is 46.3. The zero-order valence-corrected chi connectivity index (χ0v) is 46.6. The third-order valence-corrected chi connectivity index (χ3v) is 15.0. The predicted molar refractivity (Wildman–Crippen MR) is 292 cm³/mol. The number of unbranched alkanes of at least 4 members (excludes halogenated alkanes) is 41. The summed E-state index contributed by atoms with van der Waals surface area (Å²) in [5.74, 6) is -0.257. The minimum absolute atomic E-state index is 0.257. The smallest absolute Gasteiger partial charge is 0.394 e. The van der Waals surface area contributed by atoms with Crippen molar-refractivity contribution in [1.82, 2.24) is 5.32 Å². The number of rotatable bonds is 53. The predicted octanol–water partition coefficient (Wildman–Crippen LogP) is 14.2. The fourth-order valence-electron chi connectivity index (χ4n) is 9.93. The van der Waals surface area contributed by atoms with Gasteiger partial charge in [-0.1, -0.05) is 283 Å². The Balaban J connectivity index is 2.20. The second-order valence-electron chi connectivity index (χ2n) is 21.3. The van der Waals surface area contributed by atoms with E-state index in [1.54, 1.807) is 6.08 Å². The Morgan fingerprint density at radius 1 is 0.549 bits per heavy atom. The van der Waals surface area contributed by atoms with Crippen molar-refractivity contribution < 1.29 is 51.8 Å². The summed E-state index contributed by atoms with van der Waals surface area (Å²) in [5.41, 5.74) is 0. The molecule has 1 rings (SSSR count). The highest BCUT2D eigenvalue weighted by molar-refractivity contribution is 7.80. The average Bonchev–Trinajstić information content (AvgIpc) is 3.34. The van der Waals surface area contributed by atoms with Gasteiger partial charge in [0.15, 0.2) is 6.29 Å². The molecule has 7 unspecified atom stereocenters. The first-order chi connectivity index (χ1) is 34.5. The molecule has 7 atom stereocenters. The van der Waals surface area contributed by atoms with E-state index in [0.717, 1.165) is 38.5 Å². The Morgan fingerprint density at radius 2 is 0.887 bits per heavy atom. The molecular weight excluding hydrogens is 919 g/mol. The molecule has 1 amide bonds. The van der Waals surface area contributed by atoms with Crippen LogP contribution in [0, 0.1) is 0 Å². The lowest BCUT2D eigenvalue weighted by Crippen LogP contribution is -2.61. The van der Waals surface area contributed by atoms with Crippen molar-refractivity contribution >= 4 is 16.3 Å². The van der Waals surface area contributed by atoms with Crippen molar-refractivity contribution in [2.24, 2.45) is 0 Å². The molecule has 0 aromatic carbocycles. The second-order valence-corrected chi connectivity index (χ2v) is 22.4. The number of allylic oxidation sites excluding steroid dienone is 1. The Labute approximate surface area is 436 Å². The van der Waals surface area contributed by atoms with Crippen molar-refractivity contribution in [1.29, 1.82) is 0 Å². The zero-order chi connectivity index (χ0) is 51.9. The van der Waals surface area contributed by atoms with Crippen LogP contribution in [-0.4, -0.2) is 95.4 Å². The number of carbonyl (C=O) groups is 1. The van der Waals surface area contributed by atoms with Crippen molar-refractivity contribution in [2.75, 3.05) is 13.2 Å². The standard InChI is InChI=1S/C58H113NO11S/c1-3-5-7-9-11-13-15-17-18-19-20-21-22-23-24-25-26-27-28-29-30-31-32-33-34-35-36-38-40-42-44-46-48-54(62)59-51(52(61)47-45-43-41-39-37-16-14-12-10-8-6-4-2)50-68-58-56(64)57(70-71(65,66)67)55(63)53(49-60)69-58/h45,47,51-53,55-58,60-61,63-64H,3-44,46,48-50H2,1-2H3,(H,59,62)(H,65,66,67)/b47-45+. The number of nitrogens with one attached hydrogen (secondary N) is 1. The zero-order valence-electron chi connectivity index (χ0n) is 45.8. The van der Waals surface area contributed by atoms with E-state index in [9.17, 15) is 38.2 Å². The summed E-state index contributed by atoms with van der Waals surface area (Å²) in [6.07, 6.45) is 50.1. The first-order valence-electron chi connectivity index (χ1n) is 30.1. The number of ether oxygens (including phenoxy) is 2. The van der Waals surface area contributed by atoms with E-state index in [1.165, 1.54) is 231 Å². The monoisotopic (exact) mass is 1030 g/mol. The van der Waals surface area contributed by atoms with Gasteiger partial charge in [-0.2, -0.15) is 8.42 Å². The summed E-state index contributed by atoms with van der Waals surface area (Å²) in [6.45, 7) is 3.42. The molecule has 0 spiro atoms. The van der Waals surface area contributed by atoms with Crippen molar-refractivity contribution in [2.45, 2.75) is 339 Å². The Hall–Kier alpha value is -1.16. The molecule has 1 aliphatic heterocycles. The molecule has 6 N–H and O–H groups in total. The molecule has 12 nitrogen and oxygen atoms in total. The highest BCUT2D eigenvalue weighted by Gasteiger charge is 2.48. The summed E-state index contributed by atoms with van der Waals surface area (Å²) in [6, 6.07) is -0.939. The molecule has 0 aromatic heterocycles. The number of carbonyl (C=O) groups excluding carboxylic acids is 1. The molecular formula is C58H113NO11S. The van der Waals surface area contributed by atoms with Gasteiger partial charge < -0.3 is 35.2 Å². The Morgan fingerprint density at radius 3 is 1.23 bits per heavy atom. The minimum atomic E-state index is -5.08. The van der Waals surface area contributed by atoms with Crippen LogP contribution in [0.1, 0.15) is 296 Å². The summed E-state index contributed by atoms with van der Waals surface area (Å²) in [4.78, 5) is 13.1. The van der Waals surface area contributed by atoms with Crippen LogP contribution >= 0.6 is 0 Å². The van der Waals surface area contributed by atoms with Crippen molar-refractivity contribution in [3.8, 4) is 0 Å². The van der Waals surface area contributed by atoms with Crippen LogP contribution in [0.4, 0.5) is 0 Å². The molecule has 0 aromatic rings. The van der Waals surface area contributed by atoms with E-state index in [1.807, 2.05) is 6.08 Å². The maximum atomic E-state index is 13.1. The van der Waals surface area contributed by atoms with Crippen LogP contribution in [0.25, 0.3) is 0 Å². The van der Waals surface area contributed by atoms with E-state index >= 15 is 0 Å². The normalized spacial score (nSPS) is 19.5. The van der Waals surface area contributed by atoms with E-state index in [2.05, 4.69) is 23.3 Å². The summed E-state index contributed by atoms with van der Waals surface area (Å²) in [7, 11) is -5.08. The first kappa shape index (κ1) is 67.9. The van der Waals surface area contributed by atoms with E-state index in [0.29, 0.717) is 6.42 Å². The van der Waals surface area contributed by atoms with Gasteiger partial charge in [-0.05, 0) is 19.3 Å². The van der Waals surface area contributed by atoms with Gasteiger partial charge in [-0.3, -0.25) is 9.35 Å². The molecule has 1 heterocycles. The quantitative estimate of drug-likeness (QED) is 0.0193. The van der Waals surface area contributed by atoms with Crippen LogP contribution in [0.15, 0.2) is 12.2 Å². The number of hydrogen-bond acceptors (Lipinski definition) is 10. The van der Waals surface area contributed by atoms with Crippen LogP contribution in [-0.2, 0) is 28.9 Å². The highest BCUT2D eigenvalue weighted by Crippen LogP contribution is 2.26. The molecule has 13 heteroatoms. The summed E-state index contributed by atoms with van der Waals surface area (Å²) in [5, 5.41) is 44.9. The molecule has 1 aliphatic rings. The second kappa shape index (κ2) is 48.5. The lowest BCUT2D eigenvalue weighted by Gasteiger charge is -2.41. The van der Waals surface area contributed by atoms with Crippen molar-refractivity contribution in [3.05, 3.63) is 12.2 Å². The van der Waals surface area contributed by atoms with E-state index in [-0.39, 0.29) is 18.9 Å². The molecule has 0 bridgehead atoms. The fraction of sp³-hybridized carbons (Fsp3) is 0.948. The Bertz CT molecular complexity index is 1310. The van der Waals surface area contributed by atoms with E-state index < -0.39 is 59.9 Å². The third-order valence-electron chi connectivity index (χ3n) is 14.6. The number of hydrogen-bond donors (Lipinski definition) is 6. The van der Waals surface area contributed by atoms with Crippen LogP contribution in [0.5, 0.6) is 0 Å². The molecule has 422 valence electrons. The average molecular weight is 1030 g/mol. The number of amides is 1. The maximum absolute atomic E-state index is 13.1. The lowest BCUT2D eigenvalue weighted by molar-refractivity contribution is -0.298. The van der Waals surface area contributed by atoms with Crippen LogP contribution < -0.4 is 5.32 Å². The maximum Gasteiger partial charge on any atom is 0.397 e. The summed E-state index contributed by atoms with van der Waals surface area (Å²) < 4.78 is 47.7. The topological polar surface area (TPSA) is 192 Å². The number of aliphatic hydroxyl groups excluding tert-OH is 4. The van der Waals surface area contributed by atoms with Gasteiger partial charge in [0.2, 0.25) is 5.91 Å². The SMILES string of the molecule is CCCCCCCCCCCC/C=C/C(O)C(COC1OC(CO)C(O)C(OS(=O)(=O)O)C1O)NC(=O)CCCCCCCCCCCCCCCCCCCCCCCCCCCCCCCCCC. The molecule has 0 saturated carbocycles. The fourth-order valence-corrected chi connectivity index (χ4v) is 10.4. The molecule has 0 aliphatic carbocycles. The van der Waals surface area contributed by atoms with Gasteiger partial charge in [0.1, 0.15) is 24.4 Å². The lowest BCUT2D eigenvalue weighted by atomic mass is 9.99. The van der Waals surface area contributed by atoms with Gasteiger partial charge in [-0.25, -0.2) is 4.18 Å². The van der Waals surface area contributed by atoms with Crippen molar-refractivity contribution in [3.63, 3.8) is 0 Å². The molecule has 1 fully saturated rings. The minimum Gasteiger partial charge on any atom is -0.394 e.